The Labute approximate surface area is 102 Å². The van der Waals surface area contributed by atoms with Crippen LogP contribution >= 0.6 is 15.9 Å². The fourth-order valence-electron chi connectivity index (χ4n) is 1.15. The lowest BCUT2D eigenvalue weighted by Gasteiger charge is -2.05. The summed E-state index contributed by atoms with van der Waals surface area (Å²) in [7, 11) is 0. The minimum absolute atomic E-state index is 0.0531. The molecule has 0 bridgehead atoms. The molecule has 5 heteroatoms. The molecule has 4 nitrogen and oxygen atoms in total. The summed E-state index contributed by atoms with van der Waals surface area (Å²) in [4.78, 5) is 10.3. The maximum absolute atomic E-state index is 10.7. The smallest absolute Gasteiger partial charge is 0.284 e. The van der Waals surface area contributed by atoms with E-state index in [1.807, 2.05) is 26.0 Å². The molecule has 0 aliphatic rings. The minimum Gasteiger partial charge on any atom is -0.324 e. The van der Waals surface area contributed by atoms with Gasteiger partial charge in [-0.05, 0) is 41.4 Å². The Morgan fingerprint density at radius 1 is 1.62 bits per heavy atom. The van der Waals surface area contributed by atoms with Gasteiger partial charge in [0.15, 0.2) is 0 Å². The number of nitrogens with two attached hydrogens (primary N) is 1. The zero-order valence-electron chi connectivity index (χ0n) is 9.11. The average molecular weight is 285 g/mol. The van der Waals surface area contributed by atoms with E-state index in [0.29, 0.717) is 4.47 Å². The molecule has 1 unspecified atom stereocenters. The molecule has 1 aromatic carbocycles. The van der Waals surface area contributed by atoms with Crippen LogP contribution in [0.4, 0.5) is 5.69 Å². The third-order valence-corrected chi connectivity index (χ3v) is 2.95. The van der Waals surface area contributed by atoms with Crippen molar-refractivity contribution in [3.63, 3.8) is 0 Å². The second-order valence-corrected chi connectivity index (χ2v) is 4.50. The Hall–Kier alpha value is -1.20. The second-order valence-electron chi connectivity index (χ2n) is 3.64. The lowest BCUT2D eigenvalue weighted by molar-refractivity contribution is -0.385. The van der Waals surface area contributed by atoms with Crippen molar-refractivity contribution >= 4 is 27.7 Å². The number of nitrogens with zero attached hydrogens (tertiary/aromatic N) is 1. The van der Waals surface area contributed by atoms with Gasteiger partial charge in [0.05, 0.1) is 9.40 Å². The molecule has 1 rings (SSSR count). The molecule has 1 atom stereocenters. The molecule has 0 saturated carbocycles. The van der Waals surface area contributed by atoms with Crippen molar-refractivity contribution in [2.24, 2.45) is 5.73 Å². The van der Waals surface area contributed by atoms with E-state index in [2.05, 4.69) is 15.9 Å². The van der Waals surface area contributed by atoms with Crippen LogP contribution in [-0.2, 0) is 0 Å². The van der Waals surface area contributed by atoms with Gasteiger partial charge in [-0.1, -0.05) is 17.7 Å². The summed E-state index contributed by atoms with van der Waals surface area (Å²) in [5.41, 5.74) is 7.53. The maximum Gasteiger partial charge on any atom is 0.284 e. The van der Waals surface area contributed by atoms with Gasteiger partial charge >= 0.3 is 0 Å². The third kappa shape index (κ3) is 3.15. The fourth-order valence-corrected chi connectivity index (χ4v) is 1.55. The molecule has 2 N–H and O–H groups in total. The Balaban J connectivity index is 3.13. The molecule has 86 valence electrons. The van der Waals surface area contributed by atoms with Crippen molar-refractivity contribution in [1.82, 2.24) is 0 Å². The topological polar surface area (TPSA) is 69.2 Å². The van der Waals surface area contributed by atoms with Crippen LogP contribution in [0.5, 0.6) is 0 Å². The molecule has 0 spiro atoms. The van der Waals surface area contributed by atoms with E-state index in [0.717, 1.165) is 11.1 Å². The van der Waals surface area contributed by atoms with Gasteiger partial charge in [0, 0.05) is 12.1 Å². The molecule has 0 aliphatic carbocycles. The van der Waals surface area contributed by atoms with Crippen LogP contribution in [-0.4, -0.2) is 11.0 Å². The highest BCUT2D eigenvalue weighted by Crippen LogP contribution is 2.26. The molecule has 0 heterocycles. The maximum atomic E-state index is 10.7. The highest BCUT2D eigenvalue weighted by Gasteiger charge is 2.11. The van der Waals surface area contributed by atoms with Crippen LogP contribution in [0.2, 0.25) is 0 Å². The van der Waals surface area contributed by atoms with Crippen LogP contribution < -0.4 is 5.73 Å². The number of nitro groups is 1. The highest BCUT2D eigenvalue weighted by molar-refractivity contribution is 9.10. The summed E-state index contributed by atoms with van der Waals surface area (Å²) < 4.78 is 0.480. The molecule has 0 saturated heterocycles. The molecule has 1 aromatic rings. The predicted octanol–water partition coefficient (Wildman–Crippen LogP) is 3.11. The van der Waals surface area contributed by atoms with Gasteiger partial charge in [0.1, 0.15) is 0 Å². The van der Waals surface area contributed by atoms with E-state index in [1.165, 1.54) is 6.07 Å². The van der Waals surface area contributed by atoms with Crippen LogP contribution in [0.25, 0.3) is 6.08 Å². The number of hydrogen-bond acceptors (Lipinski definition) is 3. The van der Waals surface area contributed by atoms with E-state index < -0.39 is 4.92 Å². The summed E-state index contributed by atoms with van der Waals surface area (Å²) in [5.74, 6) is 0. The highest BCUT2D eigenvalue weighted by atomic mass is 79.9. The normalized spacial score (nSPS) is 13.6. The van der Waals surface area contributed by atoms with Gasteiger partial charge in [-0.3, -0.25) is 10.1 Å². The van der Waals surface area contributed by atoms with Crippen LogP contribution in [0.1, 0.15) is 19.4 Å². The number of benzene rings is 1. The lowest BCUT2D eigenvalue weighted by Crippen LogP contribution is -2.15. The standard InChI is InChI=1S/C11H13BrN2O2/c1-7(8(2)13)5-9-3-4-10(12)11(6-9)14(15)16/h3-6,8H,13H2,1-2H3/b7-5+. The Kier molecular flexibility index (Phi) is 4.20. The SMILES string of the molecule is C/C(=C\c1ccc(Br)c([N+](=O)[O-])c1)C(C)N. The van der Waals surface area contributed by atoms with Crippen LogP contribution in [0, 0.1) is 10.1 Å². The van der Waals surface area contributed by atoms with Crippen molar-refractivity contribution in [2.45, 2.75) is 19.9 Å². The Morgan fingerprint density at radius 2 is 2.25 bits per heavy atom. The summed E-state index contributed by atoms with van der Waals surface area (Å²) in [5, 5.41) is 10.7. The van der Waals surface area contributed by atoms with Crippen molar-refractivity contribution in [3.05, 3.63) is 43.9 Å². The first-order valence-corrected chi connectivity index (χ1v) is 5.59. The van der Waals surface area contributed by atoms with Crippen molar-refractivity contribution in [2.75, 3.05) is 0 Å². The predicted molar refractivity (Wildman–Crippen MR) is 68.1 cm³/mol. The number of hydrogen-bond donors (Lipinski definition) is 1. The lowest BCUT2D eigenvalue weighted by atomic mass is 10.1. The molecule has 0 radical (unpaired) electrons. The largest absolute Gasteiger partial charge is 0.324 e. The summed E-state index contributed by atoms with van der Waals surface area (Å²) in [6, 6.07) is 4.94. The van der Waals surface area contributed by atoms with Gasteiger partial charge in [-0.15, -0.1) is 0 Å². The van der Waals surface area contributed by atoms with Crippen molar-refractivity contribution in [3.8, 4) is 0 Å². The number of halogens is 1. The van der Waals surface area contributed by atoms with Gasteiger partial charge < -0.3 is 5.73 Å². The molecule has 0 fully saturated rings. The summed E-state index contributed by atoms with van der Waals surface area (Å²) in [6.07, 6.45) is 1.85. The van der Waals surface area contributed by atoms with Gasteiger partial charge in [0.25, 0.3) is 5.69 Å². The second kappa shape index (κ2) is 5.23. The first kappa shape index (κ1) is 12.9. The van der Waals surface area contributed by atoms with Crippen LogP contribution in [0.15, 0.2) is 28.2 Å². The molecule has 0 aromatic heterocycles. The zero-order valence-corrected chi connectivity index (χ0v) is 10.7. The summed E-state index contributed by atoms with van der Waals surface area (Å²) in [6.45, 7) is 3.78. The molecule has 0 amide bonds. The summed E-state index contributed by atoms with van der Waals surface area (Å²) >= 11 is 3.14. The third-order valence-electron chi connectivity index (χ3n) is 2.28. The van der Waals surface area contributed by atoms with Gasteiger partial charge in [-0.25, -0.2) is 0 Å². The minimum atomic E-state index is -0.414. The van der Waals surface area contributed by atoms with E-state index in [9.17, 15) is 10.1 Å². The quantitative estimate of drug-likeness (QED) is 0.685. The van der Waals surface area contributed by atoms with E-state index in [1.54, 1.807) is 6.07 Å². The number of rotatable bonds is 3. The first-order valence-electron chi connectivity index (χ1n) is 4.79. The average Bonchev–Trinajstić information content (AvgIpc) is 2.20. The van der Waals surface area contributed by atoms with E-state index in [-0.39, 0.29) is 11.7 Å². The zero-order chi connectivity index (χ0) is 12.3. The van der Waals surface area contributed by atoms with Gasteiger partial charge in [-0.2, -0.15) is 0 Å². The van der Waals surface area contributed by atoms with Gasteiger partial charge in [0.2, 0.25) is 0 Å². The Bertz CT molecular complexity index is 442. The molecular weight excluding hydrogens is 272 g/mol. The van der Waals surface area contributed by atoms with Crippen molar-refractivity contribution < 1.29 is 4.92 Å². The molecular formula is C11H13BrN2O2. The van der Waals surface area contributed by atoms with Crippen LogP contribution in [0.3, 0.4) is 0 Å². The first-order chi connectivity index (χ1) is 7.41. The fraction of sp³-hybridized carbons (Fsp3) is 0.273. The van der Waals surface area contributed by atoms with E-state index >= 15 is 0 Å². The Morgan fingerprint density at radius 3 is 2.75 bits per heavy atom. The molecule has 0 aliphatic heterocycles. The number of nitro benzene ring substituents is 1. The molecule has 16 heavy (non-hydrogen) atoms. The van der Waals surface area contributed by atoms with Crippen molar-refractivity contribution in [1.29, 1.82) is 0 Å². The van der Waals surface area contributed by atoms with E-state index in [4.69, 9.17) is 5.73 Å². The monoisotopic (exact) mass is 284 g/mol.